The first-order chi connectivity index (χ1) is 9.40. The highest BCUT2D eigenvalue weighted by molar-refractivity contribution is 5.83. The van der Waals surface area contributed by atoms with Crippen LogP contribution >= 0.6 is 0 Å². The van der Waals surface area contributed by atoms with E-state index < -0.39 is 6.04 Å². The van der Waals surface area contributed by atoms with Crippen molar-refractivity contribution in [3.8, 4) is 6.07 Å². The van der Waals surface area contributed by atoms with Crippen molar-refractivity contribution < 1.29 is 4.79 Å². The van der Waals surface area contributed by atoms with Gasteiger partial charge in [0.05, 0.1) is 24.2 Å². The summed E-state index contributed by atoms with van der Waals surface area (Å²) >= 11 is 0. The summed E-state index contributed by atoms with van der Waals surface area (Å²) in [4.78, 5) is 12.0. The van der Waals surface area contributed by atoms with E-state index in [9.17, 15) is 4.79 Å². The Morgan fingerprint density at radius 3 is 2.90 bits per heavy atom. The number of nitrogens with one attached hydrogen (secondary N) is 2. The largest absolute Gasteiger partial charge is 0.340 e. The number of nitriles is 1. The second kappa shape index (κ2) is 5.33. The van der Waals surface area contributed by atoms with Gasteiger partial charge in [0.25, 0.3) is 0 Å². The number of carbonyl (C=O) groups excluding carboxylic acids is 1. The second-order valence-electron chi connectivity index (χ2n) is 5.96. The molecule has 5 heteroatoms. The molecule has 2 rings (SSSR count). The number of aromatic amines is 1. The molecule has 0 saturated heterocycles. The minimum Gasteiger partial charge on any atom is -0.340 e. The van der Waals surface area contributed by atoms with Crippen molar-refractivity contribution >= 4 is 16.8 Å². The molecule has 0 spiro atoms. The first-order valence-corrected chi connectivity index (χ1v) is 6.51. The number of nitrogens with zero attached hydrogens (tertiary/aromatic N) is 2. The lowest BCUT2D eigenvalue weighted by atomic mass is 9.87. The number of aromatic nitrogens is 2. The number of amides is 1. The van der Waals surface area contributed by atoms with Gasteiger partial charge in [0, 0.05) is 5.39 Å². The van der Waals surface area contributed by atoms with Crippen molar-refractivity contribution in [1.29, 1.82) is 5.26 Å². The van der Waals surface area contributed by atoms with Crippen molar-refractivity contribution in [1.82, 2.24) is 15.5 Å². The van der Waals surface area contributed by atoms with Crippen molar-refractivity contribution in [2.75, 3.05) is 0 Å². The van der Waals surface area contributed by atoms with E-state index in [0.29, 0.717) is 0 Å². The van der Waals surface area contributed by atoms with Crippen LogP contribution in [0.4, 0.5) is 0 Å². The highest BCUT2D eigenvalue weighted by Gasteiger charge is 2.25. The maximum absolute atomic E-state index is 12.0. The first-order valence-electron chi connectivity index (χ1n) is 6.51. The average Bonchev–Trinajstić information content (AvgIpc) is 2.81. The van der Waals surface area contributed by atoms with Crippen LogP contribution in [0.25, 0.3) is 10.9 Å². The molecule has 0 fully saturated rings. The number of fused-ring (bicyclic) bond motifs is 1. The standard InChI is InChI=1S/C15H18N4O/c1-15(2,3)13(8-16)18-14(20)7-10-4-5-11-9-17-19-12(11)6-10/h4-6,9,13H,7H2,1-3H3,(H,17,19)(H,18,20). The van der Waals surface area contributed by atoms with Crippen molar-refractivity contribution in [3.63, 3.8) is 0 Å². The fraction of sp³-hybridized carbons (Fsp3) is 0.400. The van der Waals surface area contributed by atoms with Gasteiger partial charge in [0.15, 0.2) is 0 Å². The second-order valence-corrected chi connectivity index (χ2v) is 5.96. The predicted molar refractivity (Wildman–Crippen MR) is 76.8 cm³/mol. The Labute approximate surface area is 118 Å². The molecule has 1 aromatic carbocycles. The summed E-state index contributed by atoms with van der Waals surface area (Å²) in [6.45, 7) is 5.79. The summed E-state index contributed by atoms with van der Waals surface area (Å²) in [5.41, 5.74) is 1.52. The maximum atomic E-state index is 12.0. The van der Waals surface area contributed by atoms with Gasteiger partial charge >= 0.3 is 0 Å². The van der Waals surface area contributed by atoms with Crippen LogP contribution in [0.3, 0.4) is 0 Å². The van der Waals surface area contributed by atoms with Crippen molar-refractivity contribution in [3.05, 3.63) is 30.0 Å². The number of carbonyl (C=O) groups is 1. The highest BCUT2D eigenvalue weighted by atomic mass is 16.1. The lowest BCUT2D eigenvalue weighted by molar-refractivity contribution is -0.121. The third kappa shape index (κ3) is 3.15. The van der Waals surface area contributed by atoms with Gasteiger partial charge in [0.1, 0.15) is 6.04 Å². The van der Waals surface area contributed by atoms with E-state index in [1.807, 2.05) is 39.0 Å². The molecule has 1 atom stereocenters. The van der Waals surface area contributed by atoms with E-state index in [1.165, 1.54) is 0 Å². The van der Waals surface area contributed by atoms with Crippen LogP contribution < -0.4 is 5.32 Å². The molecule has 1 heterocycles. The molecule has 104 valence electrons. The van der Waals surface area contributed by atoms with Crippen LogP contribution in [0.1, 0.15) is 26.3 Å². The Hall–Kier alpha value is -2.35. The van der Waals surface area contributed by atoms with E-state index in [4.69, 9.17) is 5.26 Å². The van der Waals surface area contributed by atoms with Crippen LogP contribution in [0, 0.1) is 16.7 Å². The third-order valence-electron chi connectivity index (χ3n) is 3.17. The highest BCUT2D eigenvalue weighted by Crippen LogP contribution is 2.19. The smallest absolute Gasteiger partial charge is 0.225 e. The zero-order valence-corrected chi connectivity index (χ0v) is 11.9. The van der Waals surface area contributed by atoms with E-state index in [1.54, 1.807) is 6.20 Å². The SMILES string of the molecule is CC(C)(C)C(C#N)NC(=O)Cc1ccc2cn[nH]c2c1. The van der Waals surface area contributed by atoms with Gasteiger partial charge in [-0.3, -0.25) is 9.89 Å². The van der Waals surface area contributed by atoms with Crippen LogP contribution in [0.5, 0.6) is 0 Å². The van der Waals surface area contributed by atoms with Crippen LogP contribution in [0.15, 0.2) is 24.4 Å². The zero-order chi connectivity index (χ0) is 14.8. The quantitative estimate of drug-likeness (QED) is 0.896. The Morgan fingerprint density at radius 2 is 2.25 bits per heavy atom. The van der Waals surface area contributed by atoms with E-state index in [-0.39, 0.29) is 17.7 Å². The van der Waals surface area contributed by atoms with E-state index in [0.717, 1.165) is 16.5 Å². The number of H-pyrrole nitrogens is 1. The molecule has 1 aromatic heterocycles. The summed E-state index contributed by atoms with van der Waals surface area (Å²) in [5, 5.41) is 19.7. The molecule has 0 saturated carbocycles. The molecule has 2 N–H and O–H groups in total. The molecule has 5 nitrogen and oxygen atoms in total. The van der Waals surface area contributed by atoms with Crippen LogP contribution in [-0.4, -0.2) is 22.1 Å². The normalized spacial score (nSPS) is 12.9. The maximum Gasteiger partial charge on any atom is 0.225 e. The van der Waals surface area contributed by atoms with Gasteiger partial charge in [-0.25, -0.2) is 0 Å². The molecule has 0 aliphatic rings. The molecule has 1 amide bonds. The van der Waals surface area contributed by atoms with Gasteiger partial charge in [-0.05, 0) is 17.0 Å². The molecule has 0 aliphatic carbocycles. The summed E-state index contributed by atoms with van der Waals surface area (Å²) in [6.07, 6.45) is 1.99. The molecule has 0 radical (unpaired) electrons. The van der Waals surface area contributed by atoms with Crippen molar-refractivity contribution in [2.45, 2.75) is 33.2 Å². The number of hydrogen-bond donors (Lipinski definition) is 2. The molecule has 0 aliphatic heterocycles. The summed E-state index contributed by atoms with van der Waals surface area (Å²) in [6, 6.07) is 7.37. The molecular formula is C15H18N4O. The van der Waals surface area contributed by atoms with Gasteiger partial charge in [0.2, 0.25) is 5.91 Å². The Kier molecular flexibility index (Phi) is 3.75. The lowest BCUT2D eigenvalue weighted by Gasteiger charge is -2.25. The molecular weight excluding hydrogens is 252 g/mol. The Bertz CT molecular complexity index is 660. The van der Waals surface area contributed by atoms with Crippen LogP contribution in [0.2, 0.25) is 0 Å². The van der Waals surface area contributed by atoms with Gasteiger partial charge in [-0.2, -0.15) is 10.4 Å². The predicted octanol–water partition coefficient (Wildman–Crippen LogP) is 2.16. The number of hydrogen-bond acceptors (Lipinski definition) is 3. The van der Waals surface area contributed by atoms with E-state index >= 15 is 0 Å². The summed E-state index contributed by atoms with van der Waals surface area (Å²) in [7, 11) is 0. The number of benzene rings is 1. The summed E-state index contributed by atoms with van der Waals surface area (Å²) < 4.78 is 0. The van der Waals surface area contributed by atoms with Gasteiger partial charge in [-0.15, -0.1) is 0 Å². The zero-order valence-electron chi connectivity index (χ0n) is 11.9. The monoisotopic (exact) mass is 270 g/mol. The molecule has 2 aromatic rings. The van der Waals surface area contributed by atoms with E-state index in [2.05, 4.69) is 21.6 Å². The van der Waals surface area contributed by atoms with Crippen molar-refractivity contribution in [2.24, 2.45) is 5.41 Å². The first kappa shape index (κ1) is 14.1. The molecule has 20 heavy (non-hydrogen) atoms. The Balaban J connectivity index is 2.06. The lowest BCUT2D eigenvalue weighted by Crippen LogP contribution is -2.43. The van der Waals surface area contributed by atoms with Gasteiger partial charge < -0.3 is 5.32 Å². The Morgan fingerprint density at radius 1 is 1.50 bits per heavy atom. The average molecular weight is 270 g/mol. The molecule has 1 unspecified atom stereocenters. The fourth-order valence-corrected chi connectivity index (χ4v) is 1.93. The number of rotatable bonds is 3. The third-order valence-corrected chi connectivity index (χ3v) is 3.17. The topological polar surface area (TPSA) is 81.6 Å². The van der Waals surface area contributed by atoms with Crippen LogP contribution in [-0.2, 0) is 11.2 Å². The summed E-state index contributed by atoms with van der Waals surface area (Å²) in [5.74, 6) is -0.148. The minimum atomic E-state index is -0.495. The minimum absolute atomic E-state index is 0.148. The van der Waals surface area contributed by atoms with Gasteiger partial charge in [-0.1, -0.05) is 32.9 Å². The fourth-order valence-electron chi connectivity index (χ4n) is 1.93. The molecule has 0 bridgehead atoms.